The van der Waals surface area contributed by atoms with Crippen LogP contribution >= 0.6 is 0 Å². The molecular formula is C20H22O3S. The average Bonchev–Trinajstić information content (AvgIpc) is 2.81. The van der Waals surface area contributed by atoms with Crippen LogP contribution in [0.15, 0.2) is 65.6 Å². The van der Waals surface area contributed by atoms with Crippen molar-refractivity contribution in [2.45, 2.75) is 43.6 Å². The quantitative estimate of drug-likeness (QED) is 0.755. The van der Waals surface area contributed by atoms with Gasteiger partial charge in [0.1, 0.15) is 0 Å². The molecule has 0 aliphatic heterocycles. The number of rotatable bonds is 4. The van der Waals surface area contributed by atoms with E-state index in [4.69, 9.17) is 4.18 Å². The summed E-state index contributed by atoms with van der Waals surface area (Å²) in [6.45, 7) is 1.93. The molecule has 0 fully saturated rings. The molecule has 4 heteroatoms. The Morgan fingerprint density at radius 3 is 2.42 bits per heavy atom. The minimum atomic E-state index is -3.73. The Balaban J connectivity index is 1.77. The van der Waals surface area contributed by atoms with Gasteiger partial charge in [0.15, 0.2) is 0 Å². The summed E-state index contributed by atoms with van der Waals surface area (Å²) in [4.78, 5) is 0.225. The Bertz CT molecular complexity index is 806. The molecule has 0 aromatic heterocycles. The van der Waals surface area contributed by atoms with Crippen molar-refractivity contribution in [2.75, 3.05) is 0 Å². The summed E-state index contributed by atoms with van der Waals surface area (Å²) in [5, 5.41) is 0. The van der Waals surface area contributed by atoms with Crippen molar-refractivity contribution in [3.05, 3.63) is 71.8 Å². The van der Waals surface area contributed by atoms with E-state index in [1.165, 1.54) is 0 Å². The number of aryl methyl sites for hydroxylation is 1. The average molecular weight is 342 g/mol. The van der Waals surface area contributed by atoms with Gasteiger partial charge in [0.25, 0.3) is 10.1 Å². The summed E-state index contributed by atoms with van der Waals surface area (Å²) in [6.07, 6.45) is 5.15. The minimum absolute atomic E-state index is 0.225. The zero-order valence-electron chi connectivity index (χ0n) is 13.8. The van der Waals surface area contributed by atoms with Gasteiger partial charge in [-0.15, -0.1) is 0 Å². The van der Waals surface area contributed by atoms with Gasteiger partial charge in [0, 0.05) is 6.42 Å². The SMILES string of the molecule is Cc1ccc(S(=O)(=O)OC2CCCC=C(c3ccccc3)C2)cc1. The van der Waals surface area contributed by atoms with Gasteiger partial charge in [-0.2, -0.15) is 8.42 Å². The lowest BCUT2D eigenvalue weighted by atomic mass is 10.0. The zero-order valence-corrected chi connectivity index (χ0v) is 14.6. The maximum Gasteiger partial charge on any atom is 0.297 e. The van der Waals surface area contributed by atoms with Gasteiger partial charge >= 0.3 is 0 Å². The van der Waals surface area contributed by atoms with Crippen LogP contribution in [0.2, 0.25) is 0 Å². The Morgan fingerprint density at radius 2 is 1.71 bits per heavy atom. The van der Waals surface area contributed by atoms with E-state index in [9.17, 15) is 8.42 Å². The number of allylic oxidation sites excluding steroid dienone is 1. The molecule has 24 heavy (non-hydrogen) atoms. The van der Waals surface area contributed by atoms with Gasteiger partial charge in [-0.25, -0.2) is 0 Å². The Kier molecular flexibility index (Phi) is 5.17. The van der Waals surface area contributed by atoms with Crippen molar-refractivity contribution in [1.29, 1.82) is 0 Å². The lowest BCUT2D eigenvalue weighted by molar-refractivity contribution is 0.203. The molecule has 1 unspecified atom stereocenters. The van der Waals surface area contributed by atoms with E-state index in [0.717, 1.165) is 36.0 Å². The van der Waals surface area contributed by atoms with Crippen LogP contribution in [0, 0.1) is 6.92 Å². The molecule has 0 spiro atoms. The molecule has 1 aliphatic rings. The van der Waals surface area contributed by atoms with Crippen molar-refractivity contribution in [2.24, 2.45) is 0 Å². The van der Waals surface area contributed by atoms with Crippen LogP contribution in [-0.4, -0.2) is 14.5 Å². The van der Waals surface area contributed by atoms with Crippen LogP contribution in [0.4, 0.5) is 0 Å². The highest BCUT2D eigenvalue weighted by atomic mass is 32.2. The van der Waals surface area contributed by atoms with E-state index in [1.54, 1.807) is 24.3 Å². The molecule has 1 atom stereocenters. The first-order valence-corrected chi connectivity index (χ1v) is 9.70. The Morgan fingerprint density at radius 1 is 1.00 bits per heavy atom. The van der Waals surface area contributed by atoms with Gasteiger partial charge in [-0.3, -0.25) is 4.18 Å². The molecule has 2 aromatic carbocycles. The molecular weight excluding hydrogens is 320 g/mol. The second kappa shape index (κ2) is 7.32. The highest BCUT2D eigenvalue weighted by Crippen LogP contribution is 2.29. The summed E-state index contributed by atoms with van der Waals surface area (Å²) < 4.78 is 30.6. The van der Waals surface area contributed by atoms with Gasteiger partial charge in [0.2, 0.25) is 0 Å². The van der Waals surface area contributed by atoms with Gasteiger partial charge < -0.3 is 0 Å². The van der Waals surface area contributed by atoms with E-state index in [1.807, 2.05) is 25.1 Å². The summed E-state index contributed by atoms with van der Waals surface area (Å²) in [5.41, 5.74) is 3.33. The molecule has 0 N–H and O–H groups in total. The van der Waals surface area contributed by atoms with Crippen LogP contribution in [0.5, 0.6) is 0 Å². The number of benzene rings is 2. The second-order valence-corrected chi connectivity index (χ2v) is 7.79. The largest absolute Gasteiger partial charge is 0.297 e. The summed E-state index contributed by atoms with van der Waals surface area (Å²) in [6, 6.07) is 16.9. The van der Waals surface area contributed by atoms with Crippen molar-refractivity contribution >= 4 is 15.7 Å². The van der Waals surface area contributed by atoms with Crippen molar-refractivity contribution in [3.63, 3.8) is 0 Å². The molecule has 3 nitrogen and oxygen atoms in total. The molecule has 0 bridgehead atoms. The fourth-order valence-electron chi connectivity index (χ4n) is 2.96. The molecule has 0 radical (unpaired) electrons. The Hall–Kier alpha value is -1.91. The lowest BCUT2D eigenvalue weighted by Crippen LogP contribution is -2.18. The van der Waals surface area contributed by atoms with E-state index in [0.29, 0.717) is 6.42 Å². The fraction of sp³-hybridized carbons (Fsp3) is 0.300. The molecule has 0 saturated heterocycles. The van der Waals surface area contributed by atoms with Crippen LogP contribution in [0.3, 0.4) is 0 Å². The normalized spacial score (nSPS) is 18.7. The van der Waals surface area contributed by atoms with E-state index in [-0.39, 0.29) is 11.0 Å². The number of hydrogen-bond donors (Lipinski definition) is 0. The van der Waals surface area contributed by atoms with E-state index < -0.39 is 10.1 Å². The van der Waals surface area contributed by atoms with E-state index >= 15 is 0 Å². The molecule has 0 saturated carbocycles. The van der Waals surface area contributed by atoms with Crippen LogP contribution in [0.1, 0.15) is 36.8 Å². The highest BCUT2D eigenvalue weighted by Gasteiger charge is 2.24. The van der Waals surface area contributed by atoms with E-state index in [2.05, 4.69) is 18.2 Å². The first-order valence-electron chi connectivity index (χ1n) is 8.29. The molecule has 0 heterocycles. The third-order valence-corrected chi connectivity index (χ3v) is 5.66. The molecule has 126 valence electrons. The zero-order chi connectivity index (χ0) is 17.0. The topological polar surface area (TPSA) is 43.4 Å². The van der Waals surface area contributed by atoms with Crippen molar-refractivity contribution in [1.82, 2.24) is 0 Å². The third-order valence-electron chi connectivity index (χ3n) is 4.29. The maximum atomic E-state index is 12.5. The van der Waals surface area contributed by atoms with Gasteiger partial charge in [-0.05, 0) is 49.5 Å². The molecule has 1 aliphatic carbocycles. The van der Waals surface area contributed by atoms with Crippen molar-refractivity contribution < 1.29 is 12.6 Å². The van der Waals surface area contributed by atoms with Crippen LogP contribution in [-0.2, 0) is 14.3 Å². The molecule has 2 aromatic rings. The summed E-state index contributed by atoms with van der Waals surface area (Å²) >= 11 is 0. The monoisotopic (exact) mass is 342 g/mol. The Labute approximate surface area is 144 Å². The number of hydrogen-bond acceptors (Lipinski definition) is 3. The second-order valence-electron chi connectivity index (χ2n) is 6.22. The van der Waals surface area contributed by atoms with Crippen LogP contribution in [0.25, 0.3) is 5.57 Å². The lowest BCUT2D eigenvalue weighted by Gasteiger charge is -2.17. The minimum Gasteiger partial charge on any atom is -0.263 e. The third kappa shape index (κ3) is 4.13. The van der Waals surface area contributed by atoms with Gasteiger partial charge in [-0.1, -0.05) is 54.1 Å². The molecule has 0 amide bonds. The first-order chi connectivity index (χ1) is 11.5. The van der Waals surface area contributed by atoms with Gasteiger partial charge in [0.05, 0.1) is 11.0 Å². The first kappa shape index (κ1) is 16.9. The smallest absolute Gasteiger partial charge is 0.263 e. The standard InChI is InChI=1S/C20H22O3S/c1-16-11-13-20(14-12-16)24(21,22)23-19-10-6-5-9-18(15-19)17-7-3-2-4-8-17/h2-4,7-9,11-14,19H,5-6,10,15H2,1H3. The predicted octanol–water partition coefficient (Wildman–Crippen LogP) is 4.73. The summed E-state index contributed by atoms with van der Waals surface area (Å²) in [7, 11) is -3.73. The molecule has 3 rings (SSSR count). The highest BCUT2D eigenvalue weighted by molar-refractivity contribution is 7.86. The van der Waals surface area contributed by atoms with Crippen LogP contribution < -0.4 is 0 Å². The predicted molar refractivity (Wildman–Crippen MR) is 96.1 cm³/mol. The summed E-state index contributed by atoms with van der Waals surface area (Å²) in [5.74, 6) is 0. The van der Waals surface area contributed by atoms with Crippen molar-refractivity contribution in [3.8, 4) is 0 Å². The maximum absolute atomic E-state index is 12.5. The fourth-order valence-corrected chi connectivity index (χ4v) is 4.07.